The van der Waals surface area contributed by atoms with Crippen LogP contribution in [-0.2, 0) is 17.9 Å². The predicted molar refractivity (Wildman–Crippen MR) is 154 cm³/mol. The van der Waals surface area contributed by atoms with Gasteiger partial charge in [-0.2, -0.15) is 0 Å². The van der Waals surface area contributed by atoms with E-state index in [2.05, 4.69) is 11.9 Å². The second kappa shape index (κ2) is 11.1. The highest BCUT2D eigenvalue weighted by atomic mass is 19.1. The van der Waals surface area contributed by atoms with Crippen LogP contribution in [0.2, 0.25) is 0 Å². The summed E-state index contributed by atoms with van der Waals surface area (Å²) in [6.07, 6.45) is 9.84. The number of urea groups is 1. The van der Waals surface area contributed by atoms with Gasteiger partial charge >= 0.3 is 6.03 Å². The van der Waals surface area contributed by atoms with Crippen LogP contribution in [0.5, 0.6) is 0 Å². The third-order valence-corrected chi connectivity index (χ3v) is 9.13. The van der Waals surface area contributed by atoms with Crippen molar-refractivity contribution in [3.05, 3.63) is 94.6 Å². The minimum Gasteiger partial charge on any atom is -0.464 e. The number of para-hydroxylation sites is 1. The molecule has 4 aliphatic rings. The van der Waals surface area contributed by atoms with Gasteiger partial charge in [0.25, 0.3) is 0 Å². The molecule has 0 unspecified atom stereocenters. The zero-order chi connectivity index (χ0) is 28.6. The topological polar surface area (TPSA) is 82.9 Å². The van der Waals surface area contributed by atoms with Crippen LogP contribution in [0.25, 0.3) is 11.0 Å². The van der Waals surface area contributed by atoms with E-state index in [4.69, 9.17) is 4.42 Å². The van der Waals surface area contributed by atoms with Crippen molar-refractivity contribution in [1.82, 2.24) is 15.1 Å². The Hall–Kier alpha value is -3.94. The fourth-order valence-electron chi connectivity index (χ4n) is 7.68. The Balaban J connectivity index is 1.22. The maximum absolute atomic E-state index is 13.8. The fourth-order valence-corrected chi connectivity index (χ4v) is 7.68. The van der Waals surface area contributed by atoms with Crippen LogP contribution >= 0.6 is 0 Å². The van der Waals surface area contributed by atoms with Crippen molar-refractivity contribution in [1.29, 1.82) is 0 Å². The summed E-state index contributed by atoms with van der Waals surface area (Å²) >= 11 is 0. The number of amides is 3. The maximum Gasteiger partial charge on any atom is 0.318 e. The molecular formula is C33H36FN3O4. The van der Waals surface area contributed by atoms with E-state index in [1.54, 1.807) is 42.5 Å². The number of hydrogen-bond acceptors (Lipinski definition) is 4. The number of fused-ring (bicyclic) bond motifs is 1. The number of benzene rings is 2. The molecule has 1 heterocycles. The van der Waals surface area contributed by atoms with Gasteiger partial charge < -0.3 is 19.5 Å². The third-order valence-electron chi connectivity index (χ3n) is 9.13. The lowest BCUT2D eigenvalue weighted by molar-refractivity contribution is -0.133. The molecule has 0 spiro atoms. The van der Waals surface area contributed by atoms with E-state index < -0.39 is 0 Å². The van der Waals surface area contributed by atoms with Crippen molar-refractivity contribution in [2.75, 3.05) is 13.1 Å². The van der Waals surface area contributed by atoms with Crippen LogP contribution in [-0.4, -0.2) is 40.4 Å². The molecule has 8 heteroatoms. The van der Waals surface area contributed by atoms with Crippen LogP contribution in [0.3, 0.4) is 0 Å². The van der Waals surface area contributed by atoms with Crippen molar-refractivity contribution < 1.29 is 18.4 Å². The van der Waals surface area contributed by atoms with Crippen LogP contribution < -0.4 is 10.7 Å². The van der Waals surface area contributed by atoms with E-state index in [1.807, 2.05) is 0 Å². The van der Waals surface area contributed by atoms with Gasteiger partial charge in [-0.05, 0) is 86.1 Å². The smallest absolute Gasteiger partial charge is 0.318 e. The minimum absolute atomic E-state index is 0.0120. The van der Waals surface area contributed by atoms with Gasteiger partial charge in [-0.15, -0.1) is 6.58 Å². The van der Waals surface area contributed by atoms with Gasteiger partial charge in [-0.25, -0.2) is 9.18 Å². The Kier molecular flexibility index (Phi) is 7.41. The third kappa shape index (κ3) is 5.78. The molecule has 3 amide bonds. The number of nitrogens with zero attached hydrogens (tertiary/aromatic N) is 2. The van der Waals surface area contributed by atoms with E-state index in [0.717, 1.165) is 19.3 Å². The van der Waals surface area contributed by atoms with Gasteiger partial charge in [0.15, 0.2) is 5.43 Å². The van der Waals surface area contributed by atoms with E-state index in [-0.39, 0.29) is 54.9 Å². The van der Waals surface area contributed by atoms with Crippen molar-refractivity contribution in [2.45, 2.75) is 57.2 Å². The molecule has 2 aromatic carbocycles. The van der Waals surface area contributed by atoms with E-state index in [1.165, 1.54) is 47.5 Å². The fraction of sp³-hybridized carbons (Fsp3) is 0.424. The zero-order valence-electron chi connectivity index (χ0n) is 23.2. The monoisotopic (exact) mass is 557 g/mol. The molecule has 1 aromatic heterocycles. The molecule has 1 N–H and O–H groups in total. The molecule has 7 rings (SSSR count). The summed E-state index contributed by atoms with van der Waals surface area (Å²) in [6.45, 7) is 3.98. The Morgan fingerprint density at radius 2 is 1.63 bits per heavy atom. The second-order valence-corrected chi connectivity index (χ2v) is 12.3. The van der Waals surface area contributed by atoms with Crippen LogP contribution in [0.4, 0.5) is 9.18 Å². The summed E-state index contributed by atoms with van der Waals surface area (Å²) < 4.78 is 19.3. The second-order valence-electron chi connectivity index (χ2n) is 12.3. The van der Waals surface area contributed by atoms with Crippen LogP contribution in [0.15, 0.2) is 76.7 Å². The molecule has 0 radical (unpaired) electrons. The van der Waals surface area contributed by atoms with E-state index in [0.29, 0.717) is 39.8 Å². The van der Waals surface area contributed by atoms with Gasteiger partial charge in [-0.3, -0.25) is 9.59 Å². The summed E-state index contributed by atoms with van der Waals surface area (Å²) in [5, 5.41) is 3.78. The molecular weight excluding hydrogens is 521 g/mol. The van der Waals surface area contributed by atoms with Gasteiger partial charge in [0, 0.05) is 18.6 Å². The maximum atomic E-state index is 13.8. The SMILES string of the molecule is C=CCN(CC(=O)N(Cc1ccc(F)cc1)Cc1coc2ccccc2c1=O)C(=O)NC12CC3CC(CC(C3)C1)C2. The van der Waals surface area contributed by atoms with Crippen molar-refractivity contribution >= 4 is 22.9 Å². The molecule has 4 aliphatic carbocycles. The average Bonchev–Trinajstić information content (AvgIpc) is 2.94. The highest BCUT2D eigenvalue weighted by Gasteiger charge is 2.51. The van der Waals surface area contributed by atoms with Crippen LogP contribution in [0, 0.1) is 23.6 Å². The molecule has 41 heavy (non-hydrogen) atoms. The standard InChI is InChI=1S/C33H36FN3O4/c1-2-11-36(32(40)35-33-15-23-12-24(16-33)14-25(13-23)17-33)20-30(38)37(18-22-7-9-27(34)10-8-22)19-26-21-41-29-6-4-3-5-28(29)31(26)39/h2-10,21,23-25H,1,11-20H2,(H,35,40). The molecule has 7 nitrogen and oxygen atoms in total. The van der Waals surface area contributed by atoms with Gasteiger partial charge in [-0.1, -0.05) is 30.3 Å². The van der Waals surface area contributed by atoms with Crippen molar-refractivity contribution in [3.8, 4) is 0 Å². The predicted octanol–water partition coefficient (Wildman–Crippen LogP) is 5.63. The Labute approximate surface area is 239 Å². The van der Waals surface area contributed by atoms with Crippen LogP contribution in [0.1, 0.15) is 49.7 Å². The zero-order valence-corrected chi connectivity index (χ0v) is 23.2. The first kappa shape index (κ1) is 27.2. The minimum atomic E-state index is -0.375. The first-order valence-corrected chi connectivity index (χ1v) is 14.5. The molecule has 0 atom stereocenters. The summed E-state index contributed by atoms with van der Waals surface area (Å²) in [7, 11) is 0. The molecule has 4 fully saturated rings. The summed E-state index contributed by atoms with van der Waals surface area (Å²) in [6, 6.07) is 12.6. The van der Waals surface area contributed by atoms with Gasteiger partial charge in [0.2, 0.25) is 5.91 Å². The number of rotatable bonds is 9. The summed E-state index contributed by atoms with van der Waals surface area (Å²) in [5.41, 5.74) is 1.10. The summed E-state index contributed by atoms with van der Waals surface area (Å²) in [4.78, 5) is 43.7. The number of hydrogen-bond donors (Lipinski definition) is 1. The lowest BCUT2D eigenvalue weighted by atomic mass is 9.53. The highest BCUT2D eigenvalue weighted by molar-refractivity contribution is 5.85. The normalized spacial score (nSPS) is 24.3. The first-order chi connectivity index (χ1) is 19.8. The van der Waals surface area contributed by atoms with Gasteiger partial charge in [0.05, 0.1) is 23.8 Å². The number of halogens is 1. The lowest BCUT2D eigenvalue weighted by Gasteiger charge is -2.57. The number of nitrogens with one attached hydrogen (secondary N) is 1. The molecule has 4 saturated carbocycles. The Morgan fingerprint density at radius 1 is 0.976 bits per heavy atom. The Bertz CT molecular complexity index is 1480. The molecule has 0 saturated heterocycles. The highest BCUT2D eigenvalue weighted by Crippen LogP contribution is 2.55. The summed E-state index contributed by atoms with van der Waals surface area (Å²) in [5.74, 6) is 1.33. The number of carbonyl (C=O) groups excluding carboxylic acids is 2. The quantitative estimate of drug-likeness (QED) is 0.346. The molecule has 4 bridgehead atoms. The average molecular weight is 558 g/mol. The van der Waals surface area contributed by atoms with Crippen molar-refractivity contribution in [2.24, 2.45) is 17.8 Å². The molecule has 0 aliphatic heterocycles. The molecule has 214 valence electrons. The lowest BCUT2D eigenvalue weighted by Crippen LogP contribution is -2.62. The molecule has 3 aromatic rings. The largest absolute Gasteiger partial charge is 0.464 e. The van der Waals surface area contributed by atoms with E-state index >= 15 is 0 Å². The number of carbonyl (C=O) groups is 2. The van der Waals surface area contributed by atoms with Gasteiger partial charge in [0.1, 0.15) is 17.9 Å². The van der Waals surface area contributed by atoms with E-state index in [9.17, 15) is 18.8 Å². The Morgan fingerprint density at radius 3 is 2.29 bits per heavy atom. The van der Waals surface area contributed by atoms with Crippen molar-refractivity contribution in [3.63, 3.8) is 0 Å². The first-order valence-electron chi connectivity index (χ1n) is 14.5.